The molecule has 2 nitrogen and oxygen atoms in total. The van der Waals surface area contributed by atoms with E-state index in [-0.39, 0.29) is 17.9 Å². The van der Waals surface area contributed by atoms with Gasteiger partial charge in [0.05, 0.1) is 6.54 Å². The van der Waals surface area contributed by atoms with Gasteiger partial charge in [0.2, 0.25) is 0 Å². The van der Waals surface area contributed by atoms with E-state index in [9.17, 15) is 9.18 Å². The molecule has 88 valence electrons. The van der Waals surface area contributed by atoms with Gasteiger partial charge >= 0.3 is 0 Å². The lowest BCUT2D eigenvalue weighted by Gasteiger charge is -2.08. The number of halogens is 2. The molecule has 0 saturated carbocycles. The number of nitrogens with zero attached hydrogens (tertiary/aromatic N) is 1. The van der Waals surface area contributed by atoms with Crippen LogP contribution in [0.5, 0.6) is 0 Å². The minimum atomic E-state index is -0.294. The van der Waals surface area contributed by atoms with Crippen molar-refractivity contribution in [3.8, 4) is 0 Å². The molecule has 0 N–H and O–H groups in total. The molecule has 0 radical (unpaired) electrons. The monoisotopic (exact) mass is 295 g/mol. The number of rotatable bonds is 2. The number of hydrogen-bond donors (Lipinski definition) is 0. The van der Waals surface area contributed by atoms with Gasteiger partial charge in [0.25, 0.3) is 5.56 Å². The van der Waals surface area contributed by atoms with Gasteiger partial charge in [-0.25, -0.2) is 4.39 Å². The van der Waals surface area contributed by atoms with Crippen LogP contribution in [0.3, 0.4) is 0 Å². The lowest BCUT2D eigenvalue weighted by Crippen LogP contribution is -2.22. The molecule has 0 amide bonds. The van der Waals surface area contributed by atoms with Crippen molar-refractivity contribution in [2.75, 3.05) is 0 Å². The van der Waals surface area contributed by atoms with Gasteiger partial charge in [0, 0.05) is 21.8 Å². The highest BCUT2D eigenvalue weighted by molar-refractivity contribution is 9.10. The molecule has 0 fully saturated rings. The molecule has 0 spiro atoms. The van der Waals surface area contributed by atoms with Crippen LogP contribution in [0.15, 0.2) is 45.8 Å². The van der Waals surface area contributed by atoms with E-state index >= 15 is 0 Å². The van der Waals surface area contributed by atoms with Gasteiger partial charge in [-0.05, 0) is 35.0 Å². The first-order valence-electron chi connectivity index (χ1n) is 5.18. The molecule has 4 heteroatoms. The summed E-state index contributed by atoms with van der Waals surface area (Å²) in [7, 11) is 0. The van der Waals surface area contributed by atoms with Crippen LogP contribution in [0.25, 0.3) is 0 Å². The van der Waals surface area contributed by atoms with Crippen LogP contribution in [-0.4, -0.2) is 4.57 Å². The normalized spacial score (nSPS) is 10.5. The summed E-state index contributed by atoms with van der Waals surface area (Å²) >= 11 is 3.33. The Morgan fingerprint density at radius 2 is 2.06 bits per heavy atom. The first kappa shape index (κ1) is 12.0. The Morgan fingerprint density at radius 1 is 1.35 bits per heavy atom. The minimum Gasteiger partial charge on any atom is -0.310 e. The third-order valence-corrected chi connectivity index (χ3v) is 2.96. The van der Waals surface area contributed by atoms with Gasteiger partial charge < -0.3 is 4.57 Å². The SMILES string of the molecule is Cc1cc(Br)cn(Cc2ccccc2F)c1=O. The van der Waals surface area contributed by atoms with Crippen molar-refractivity contribution in [3.05, 3.63) is 68.3 Å². The molecule has 0 atom stereocenters. The third-order valence-electron chi connectivity index (χ3n) is 2.53. The van der Waals surface area contributed by atoms with E-state index < -0.39 is 0 Å². The molecule has 0 aliphatic rings. The summed E-state index contributed by atoms with van der Waals surface area (Å²) in [5.74, 6) is -0.294. The largest absolute Gasteiger partial charge is 0.310 e. The topological polar surface area (TPSA) is 22.0 Å². The second-order valence-corrected chi connectivity index (χ2v) is 4.78. The van der Waals surface area contributed by atoms with Gasteiger partial charge in [-0.3, -0.25) is 4.79 Å². The predicted molar refractivity (Wildman–Crippen MR) is 68.6 cm³/mol. The molecule has 2 aromatic rings. The quantitative estimate of drug-likeness (QED) is 0.834. The fraction of sp³-hybridized carbons (Fsp3) is 0.154. The van der Waals surface area contributed by atoms with Gasteiger partial charge in [-0.1, -0.05) is 18.2 Å². The Hall–Kier alpha value is -1.42. The number of pyridine rings is 1. The van der Waals surface area contributed by atoms with Crippen LogP contribution in [0.4, 0.5) is 4.39 Å². The van der Waals surface area contributed by atoms with Crippen LogP contribution >= 0.6 is 15.9 Å². The van der Waals surface area contributed by atoms with Gasteiger partial charge in [-0.15, -0.1) is 0 Å². The van der Waals surface area contributed by atoms with Crippen molar-refractivity contribution in [1.29, 1.82) is 0 Å². The zero-order chi connectivity index (χ0) is 12.4. The van der Waals surface area contributed by atoms with E-state index in [2.05, 4.69) is 15.9 Å². The first-order chi connectivity index (χ1) is 8.08. The van der Waals surface area contributed by atoms with E-state index in [1.54, 1.807) is 37.4 Å². The number of aryl methyl sites for hydroxylation is 1. The third kappa shape index (κ3) is 2.64. The highest BCUT2D eigenvalue weighted by atomic mass is 79.9. The molecule has 2 rings (SSSR count). The average Bonchev–Trinajstić information content (AvgIpc) is 2.28. The smallest absolute Gasteiger partial charge is 0.253 e. The maximum Gasteiger partial charge on any atom is 0.253 e. The molecule has 0 aliphatic heterocycles. The fourth-order valence-corrected chi connectivity index (χ4v) is 2.26. The van der Waals surface area contributed by atoms with Crippen molar-refractivity contribution in [1.82, 2.24) is 4.57 Å². The zero-order valence-corrected chi connectivity index (χ0v) is 10.9. The molecule has 17 heavy (non-hydrogen) atoms. The second-order valence-electron chi connectivity index (χ2n) is 3.87. The van der Waals surface area contributed by atoms with Gasteiger partial charge in [-0.2, -0.15) is 0 Å². The molecule has 1 heterocycles. The summed E-state index contributed by atoms with van der Waals surface area (Å²) in [6, 6.07) is 8.21. The Bertz CT molecular complexity index is 607. The van der Waals surface area contributed by atoms with Crippen molar-refractivity contribution < 1.29 is 4.39 Å². The Balaban J connectivity index is 2.44. The Labute approximate surface area is 107 Å². The van der Waals surface area contributed by atoms with Gasteiger partial charge in [0.1, 0.15) is 5.82 Å². The van der Waals surface area contributed by atoms with E-state index in [1.165, 1.54) is 10.6 Å². The lowest BCUT2D eigenvalue weighted by atomic mass is 10.2. The highest BCUT2D eigenvalue weighted by Gasteiger charge is 2.05. The van der Waals surface area contributed by atoms with Crippen LogP contribution in [0, 0.1) is 12.7 Å². The summed E-state index contributed by atoms with van der Waals surface area (Å²) in [6.45, 7) is 1.98. The van der Waals surface area contributed by atoms with Crippen LogP contribution < -0.4 is 5.56 Å². The second kappa shape index (κ2) is 4.84. The maximum absolute atomic E-state index is 13.5. The molecular weight excluding hydrogens is 285 g/mol. The molecule has 0 bridgehead atoms. The van der Waals surface area contributed by atoms with Gasteiger partial charge in [0.15, 0.2) is 0 Å². The van der Waals surface area contributed by atoms with Crippen molar-refractivity contribution in [3.63, 3.8) is 0 Å². The maximum atomic E-state index is 13.5. The summed E-state index contributed by atoms with van der Waals surface area (Å²) in [4.78, 5) is 11.9. The summed E-state index contributed by atoms with van der Waals surface area (Å²) in [5.41, 5.74) is 1.04. The van der Waals surface area contributed by atoms with E-state index in [0.29, 0.717) is 11.1 Å². The molecule has 0 unspecified atom stereocenters. The van der Waals surface area contributed by atoms with E-state index in [1.807, 2.05) is 0 Å². The minimum absolute atomic E-state index is 0.101. The van der Waals surface area contributed by atoms with E-state index in [0.717, 1.165) is 4.47 Å². The van der Waals surface area contributed by atoms with Crippen LogP contribution in [-0.2, 0) is 6.54 Å². The average molecular weight is 296 g/mol. The predicted octanol–water partition coefficient (Wildman–Crippen LogP) is 3.11. The summed E-state index contributed by atoms with van der Waals surface area (Å²) in [5, 5.41) is 0. The summed E-state index contributed by atoms with van der Waals surface area (Å²) in [6.07, 6.45) is 1.67. The zero-order valence-electron chi connectivity index (χ0n) is 9.28. The molecule has 1 aromatic carbocycles. The molecule has 1 aromatic heterocycles. The highest BCUT2D eigenvalue weighted by Crippen LogP contribution is 2.11. The van der Waals surface area contributed by atoms with Crippen LogP contribution in [0.2, 0.25) is 0 Å². The van der Waals surface area contributed by atoms with Crippen molar-refractivity contribution in [2.45, 2.75) is 13.5 Å². The molecular formula is C13H11BrFNO. The lowest BCUT2D eigenvalue weighted by molar-refractivity contribution is 0.595. The first-order valence-corrected chi connectivity index (χ1v) is 5.97. The number of hydrogen-bond acceptors (Lipinski definition) is 1. The standard InChI is InChI=1S/C13H11BrFNO/c1-9-6-11(14)8-16(13(9)17)7-10-4-2-3-5-12(10)15/h2-6,8H,7H2,1H3. The molecule has 0 saturated heterocycles. The molecule has 0 aliphatic carbocycles. The van der Waals surface area contributed by atoms with Crippen molar-refractivity contribution in [2.24, 2.45) is 0 Å². The van der Waals surface area contributed by atoms with Crippen molar-refractivity contribution >= 4 is 15.9 Å². The Morgan fingerprint density at radius 3 is 2.76 bits per heavy atom. The Kier molecular flexibility index (Phi) is 3.43. The van der Waals surface area contributed by atoms with E-state index in [4.69, 9.17) is 0 Å². The fourth-order valence-electron chi connectivity index (χ4n) is 1.67. The summed E-state index contributed by atoms with van der Waals surface area (Å²) < 4.78 is 15.8. The van der Waals surface area contributed by atoms with Crippen LogP contribution in [0.1, 0.15) is 11.1 Å². The number of aromatic nitrogens is 1. The number of benzene rings is 1.